The molecule has 2 N–H and O–H groups in total. The average molecular weight is 229 g/mol. The highest BCUT2D eigenvalue weighted by molar-refractivity contribution is 5.95. The number of amides is 1. The van der Waals surface area contributed by atoms with Gasteiger partial charge in [-0.05, 0) is 79.7 Å². The summed E-state index contributed by atoms with van der Waals surface area (Å²) in [7, 11) is 0. The van der Waals surface area contributed by atoms with Gasteiger partial charge in [-0.2, -0.15) is 0 Å². The second kappa shape index (κ2) is 4.17. The Kier molecular flexibility index (Phi) is 2.65. The Bertz CT molecular complexity index is 476. The molecule has 2 nitrogen and oxygen atoms in total. The van der Waals surface area contributed by atoms with Gasteiger partial charge in [0.05, 0.1) is 0 Å². The van der Waals surface area contributed by atoms with Crippen LogP contribution in [0.25, 0.3) is 0 Å². The number of carbonyl (C=O) groups is 1. The zero-order valence-electron chi connectivity index (χ0n) is 10.2. The summed E-state index contributed by atoms with van der Waals surface area (Å²) in [6, 6.07) is 2.08. The van der Waals surface area contributed by atoms with Gasteiger partial charge in [0.25, 0.3) is 0 Å². The molecule has 0 heterocycles. The van der Waals surface area contributed by atoms with Crippen LogP contribution in [0.3, 0.4) is 0 Å². The molecule has 1 aromatic rings. The first kappa shape index (κ1) is 10.8. The maximum Gasteiger partial charge on any atom is 0.248 e. The van der Waals surface area contributed by atoms with E-state index in [2.05, 4.69) is 6.07 Å². The molecule has 0 saturated carbocycles. The van der Waals surface area contributed by atoms with Crippen molar-refractivity contribution in [1.82, 2.24) is 0 Å². The Labute approximate surface area is 102 Å². The molecule has 0 atom stereocenters. The number of carbonyl (C=O) groups excluding carboxylic acids is 1. The quantitative estimate of drug-likeness (QED) is 0.790. The van der Waals surface area contributed by atoms with E-state index in [4.69, 9.17) is 5.73 Å². The van der Waals surface area contributed by atoms with Gasteiger partial charge in [0.2, 0.25) is 5.91 Å². The van der Waals surface area contributed by atoms with Crippen LogP contribution in [0.5, 0.6) is 0 Å². The number of nitrogens with two attached hydrogens (primary N) is 1. The smallest absolute Gasteiger partial charge is 0.248 e. The molecule has 3 rings (SSSR count). The molecule has 1 amide bonds. The number of rotatable bonds is 1. The zero-order chi connectivity index (χ0) is 11.8. The third-order valence-electron chi connectivity index (χ3n) is 4.25. The van der Waals surface area contributed by atoms with Crippen molar-refractivity contribution in [3.8, 4) is 0 Å². The van der Waals surface area contributed by atoms with E-state index in [1.54, 1.807) is 5.56 Å². The summed E-state index contributed by atoms with van der Waals surface area (Å²) >= 11 is 0. The number of hydrogen-bond acceptors (Lipinski definition) is 1. The Morgan fingerprint density at radius 3 is 2.18 bits per heavy atom. The Balaban J connectivity index is 2.21. The molecule has 0 aliphatic heterocycles. The van der Waals surface area contributed by atoms with E-state index >= 15 is 0 Å². The fourth-order valence-corrected chi connectivity index (χ4v) is 3.45. The molecule has 2 heteroatoms. The number of primary amides is 1. The first-order chi connectivity index (χ1) is 8.27. The van der Waals surface area contributed by atoms with Crippen molar-refractivity contribution in [2.45, 2.75) is 51.4 Å². The fraction of sp³-hybridized carbons (Fsp3) is 0.533. The van der Waals surface area contributed by atoms with Gasteiger partial charge in [-0.1, -0.05) is 0 Å². The van der Waals surface area contributed by atoms with E-state index < -0.39 is 0 Å². The van der Waals surface area contributed by atoms with Gasteiger partial charge in [0, 0.05) is 5.56 Å². The summed E-state index contributed by atoms with van der Waals surface area (Å²) in [5.41, 5.74) is 12.0. The van der Waals surface area contributed by atoms with Gasteiger partial charge in [-0.3, -0.25) is 4.79 Å². The van der Waals surface area contributed by atoms with Gasteiger partial charge in [-0.25, -0.2) is 0 Å². The van der Waals surface area contributed by atoms with Crippen molar-refractivity contribution in [2.75, 3.05) is 0 Å². The lowest BCUT2D eigenvalue weighted by Gasteiger charge is -2.27. The summed E-state index contributed by atoms with van der Waals surface area (Å²) in [6.45, 7) is 0. The van der Waals surface area contributed by atoms with E-state index in [1.165, 1.54) is 48.8 Å². The molecule has 17 heavy (non-hydrogen) atoms. The maximum absolute atomic E-state index is 11.6. The monoisotopic (exact) mass is 229 g/mol. The summed E-state index contributed by atoms with van der Waals surface area (Å²) in [5, 5.41) is 0. The lowest BCUT2D eigenvalue weighted by molar-refractivity contribution is 0.0999. The van der Waals surface area contributed by atoms with Crippen LogP contribution in [0.1, 0.15) is 58.3 Å². The second-order valence-corrected chi connectivity index (χ2v) is 5.30. The van der Waals surface area contributed by atoms with Crippen molar-refractivity contribution in [1.29, 1.82) is 0 Å². The molecule has 0 unspecified atom stereocenters. The van der Waals surface area contributed by atoms with Crippen molar-refractivity contribution >= 4 is 5.91 Å². The SMILES string of the molecule is NC(=O)c1cc2c(c3c1CCCC3)CCCC2. The molecule has 90 valence electrons. The van der Waals surface area contributed by atoms with E-state index in [0.717, 1.165) is 24.8 Å². The molecule has 0 bridgehead atoms. The lowest BCUT2D eigenvalue weighted by Crippen LogP contribution is -2.21. The molecular weight excluding hydrogens is 210 g/mol. The van der Waals surface area contributed by atoms with Crippen molar-refractivity contribution in [3.63, 3.8) is 0 Å². The fourth-order valence-electron chi connectivity index (χ4n) is 3.45. The minimum Gasteiger partial charge on any atom is -0.366 e. The third-order valence-corrected chi connectivity index (χ3v) is 4.25. The van der Waals surface area contributed by atoms with Crippen LogP contribution in [-0.2, 0) is 25.7 Å². The Morgan fingerprint density at radius 1 is 0.882 bits per heavy atom. The topological polar surface area (TPSA) is 43.1 Å². The predicted octanol–water partition coefficient (Wildman–Crippen LogP) is 2.54. The van der Waals surface area contributed by atoms with Crippen LogP contribution < -0.4 is 5.73 Å². The number of hydrogen-bond donors (Lipinski definition) is 1. The molecule has 0 radical (unpaired) electrons. The van der Waals surface area contributed by atoms with E-state index in [9.17, 15) is 4.79 Å². The number of benzene rings is 1. The zero-order valence-corrected chi connectivity index (χ0v) is 10.2. The van der Waals surface area contributed by atoms with E-state index in [0.29, 0.717) is 0 Å². The summed E-state index contributed by atoms with van der Waals surface area (Å²) in [4.78, 5) is 11.6. The molecule has 0 fully saturated rings. The first-order valence-electron chi connectivity index (χ1n) is 6.73. The van der Waals surface area contributed by atoms with Crippen LogP contribution in [0.15, 0.2) is 6.07 Å². The molecular formula is C15H19NO. The van der Waals surface area contributed by atoms with Gasteiger partial charge < -0.3 is 5.73 Å². The highest BCUT2D eigenvalue weighted by Crippen LogP contribution is 2.34. The highest BCUT2D eigenvalue weighted by Gasteiger charge is 2.23. The normalized spacial score (nSPS) is 18.4. The minimum atomic E-state index is -0.239. The van der Waals surface area contributed by atoms with Crippen LogP contribution in [0, 0.1) is 0 Å². The van der Waals surface area contributed by atoms with Gasteiger partial charge >= 0.3 is 0 Å². The summed E-state index contributed by atoms with van der Waals surface area (Å²) < 4.78 is 0. The van der Waals surface area contributed by atoms with E-state index in [1.807, 2.05) is 0 Å². The molecule has 2 aliphatic rings. The molecule has 0 saturated heterocycles. The Hall–Kier alpha value is -1.31. The van der Waals surface area contributed by atoms with Crippen LogP contribution in [0.4, 0.5) is 0 Å². The summed E-state index contributed by atoms with van der Waals surface area (Å²) in [5.74, 6) is -0.239. The van der Waals surface area contributed by atoms with Crippen molar-refractivity contribution in [3.05, 3.63) is 33.9 Å². The van der Waals surface area contributed by atoms with Crippen molar-refractivity contribution in [2.24, 2.45) is 5.73 Å². The van der Waals surface area contributed by atoms with Gasteiger partial charge in [0.15, 0.2) is 0 Å². The third kappa shape index (κ3) is 1.76. The van der Waals surface area contributed by atoms with Crippen LogP contribution in [0.2, 0.25) is 0 Å². The predicted molar refractivity (Wildman–Crippen MR) is 68.2 cm³/mol. The van der Waals surface area contributed by atoms with Crippen molar-refractivity contribution < 1.29 is 4.79 Å². The van der Waals surface area contributed by atoms with Crippen LogP contribution in [-0.4, -0.2) is 5.91 Å². The van der Waals surface area contributed by atoms with Gasteiger partial charge in [-0.15, -0.1) is 0 Å². The minimum absolute atomic E-state index is 0.239. The van der Waals surface area contributed by atoms with E-state index in [-0.39, 0.29) is 5.91 Å². The number of aryl methyl sites for hydroxylation is 1. The first-order valence-corrected chi connectivity index (χ1v) is 6.73. The lowest BCUT2D eigenvalue weighted by atomic mass is 9.78. The maximum atomic E-state index is 11.6. The molecule has 0 aromatic heterocycles. The molecule has 2 aliphatic carbocycles. The number of fused-ring (bicyclic) bond motifs is 3. The second-order valence-electron chi connectivity index (χ2n) is 5.30. The average Bonchev–Trinajstić information content (AvgIpc) is 2.37. The summed E-state index contributed by atoms with van der Waals surface area (Å²) in [6.07, 6.45) is 9.55. The van der Waals surface area contributed by atoms with Gasteiger partial charge in [0.1, 0.15) is 0 Å². The highest BCUT2D eigenvalue weighted by atomic mass is 16.1. The Morgan fingerprint density at radius 2 is 1.47 bits per heavy atom. The van der Waals surface area contributed by atoms with Crippen LogP contribution >= 0.6 is 0 Å². The standard InChI is InChI=1S/C15H19NO/c16-15(17)14-9-10-5-1-2-6-11(10)12-7-3-4-8-13(12)14/h9H,1-8H2,(H2,16,17). The molecule has 0 spiro atoms. The molecule has 1 aromatic carbocycles. The largest absolute Gasteiger partial charge is 0.366 e.